The monoisotopic (exact) mass is 481 g/mol. The van der Waals surface area contributed by atoms with Crippen LogP contribution in [0.2, 0.25) is 0 Å². The van der Waals surface area contributed by atoms with Crippen molar-refractivity contribution in [3.63, 3.8) is 0 Å². The predicted molar refractivity (Wildman–Crippen MR) is 117 cm³/mol. The molecule has 2 heterocycles. The molecule has 0 radical (unpaired) electrons. The molecule has 2 N–H and O–H groups in total. The third-order valence-electron chi connectivity index (χ3n) is 3.66. The molecule has 0 fully saturated rings. The van der Waals surface area contributed by atoms with Gasteiger partial charge in [-0.1, -0.05) is 12.1 Å². The molecule has 9 heteroatoms. The zero-order valence-corrected chi connectivity index (χ0v) is 18.5. The number of thiophene rings is 1. The number of nitrogens with zero attached hydrogens (tertiary/aromatic N) is 1. The fourth-order valence-electron chi connectivity index (χ4n) is 2.21. The van der Waals surface area contributed by atoms with Crippen LogP contribution < -0.4 is 10.6 Å². The fraction of sp³-hybridized carbons (Fsp3) is 0.167. The quantitative estimate of drug-likeness (QED) is 0.479. The number of aromatic nitrogens is 1. The van der Waals surface area contributed by atoms with Gasteiger partial charge in [0.05, 0.1) is 14.4 Å². The highest BCUT2D eigenvalue weighted by molar-refractivity contribution is 9.11. The summed E-state index contributed by atoms with van der Waals surface area (Å²) < 4.78 is 0.866. The van der Waals surface area contributed by atoms with Gasteiger partial charge in [-0.05, 0) is 53.4 Å². The molecule has 1 aromatic carbocycles. The first-order valence-electron chi connectivity index (χ1n) is 7.93. The molecular weight excluding hydrogens is 466 g/mol. The molecule has 0 aliphatic carbocycles. The minimum Gasteiger partial charge on any atom is -0.340 e. The first kappa shape index (κ1) is 20.1. The lowest BCUT2D eigenvalue weighted by Gasteiger charge is -2.12. The number of thioether (sulfide) groups is 1. The molecule has 3 aromatic rings. The zero-order chi connectivity index (χ0) is 19.4. The second-order valence-electron chi connectivity index (χ2n) is 5.55. The average molecular weight is 482 g/mol. The molecule has 0 aliphatic heterocycles. The summed E-state index contributed by atoms with van der Waals surface area (Å²) in [4.78, 5) is 30.7. The molecule has 2 amide bonds. The van der Waals surface area contributed by atoms with Crippen LogP contribution in [0.15, 0.2) is 50.5 Å². The van der Waals surface area contributed by atoms with Crippen molar-refractivity contribution in [3.05, 3.63) is 50.4 Å². The van der Waals surface area contributed by atoms with Crippen molar-refractivity contribution < 1.29 is 9.59 Å². The maximum absolute atomic E-state index is 12.3. The van der Waals surface area contributed by atoms with E-state index < -0.39 is 6.04 Å². The molecule has 0 saturated carbocycles. The number of amides is 2. The first-order valence-corrected chi connectivity index (χ1v) is 11.6. The first-order chi connectivity index (χ1) is 13.0. The van der Waals surface area contributed by atoms with Crippen LogP contribution in [0.1, 0.15) is 16.6 Å². The van der Waals surface area contributed by atoms with Crippen LogP contribution in [-0.2, 0) is 4.79 Å². The summed E-state index contributed by atoms with van der Waals surface area (Å²) in [7, 11) is 0. The number of carbonyl (C=O) groups is 2. The van der Waals surface area contributed by atoms with Crippen molar-refractivity contribution in [3.8, 4) is 11.3 Å². The maximum Gasteiger partial charge on any atom is 0.262 e. The van der Waals surface area contributed by atoms with E-state index in [2.05, 4.69) is 31.5 Å². The van der Waals surface area contributed by atoms with Crippen LogP contribution in [0.5, 0.6) is 0 Å². The Kier molecular flexibility index (Phi) is 6.69. The van der Waals surface area contributed by atoms with Crippen molar-refractivity contribution in [1.82, 2.24) is 10.3 Å². The van der Waals surface area contributed by atoms with Crippen LogP contribution >= 0.6 is 50.4 Å². The Morgan fingerprint density at radius 1 is 1.19 bits per heavy atom. The van der Waals surface area contributed by atoms with Crippen molar-refractivity contribution in [2.24, 2.45) is 0 Å². The molecule has 27 heavy (non-hydrogen) atoms. The topological polar surface area (TPSA) is 71.1 Å². The molecule has 0 bridgehead atoms. The Morgan fingerprint density at radius 2 is 1.93 bits per heavy atom. The van der Waals surface area contributed by atoms with Crippen LogP contribution in [0, 0.1) is 0 Å². The molecule has 5 nitrogen and oxygen atoms in total. The molecule has 1 atom stereocenters. The van der Waals surface area contributed by atoms with Gasteiger partial charge in [0.25, 0.3) is 5.91 Å². The Balaban J connectivity index is 1.60. The van der Waals surface area contributed by atoms with Gasteiger partial charge in [0.15, 0.2) is 5.13 Å². The van der Waals surface area contributed by atoms with Crippen LogP contribution in [0.4, 0.5) is 5.13 Å². The van der Waals surface area contributed by atoms with E-state index in [1.807, 2.05) is 35.9 Å². The van der Waals surface area contributed by atoms with E-state index >= 15 is 0 Å². The van der Waals surface area contributed by atoms with E-state index in [0.717, 1.165) is 15.0 Å². The minimum absolute atomic E-state index is 0.276. The summed E-state index contributed by atoms with van der Waals surface area (Å²) >= 11 is 7.68. The van der Waals surface area contributed by atoms with E-state index in [-0.39, 0.29) is 11.8 Å². The van der Waals surface area contributed by atoms with Crippen LogP contribution in [-0.4, -0.2) is 29.1 Å². The standard InChI is InChI=1S/C18H16BrN3O2S3/c1-10(20-17(24)14-7-8-15(19)27-14)16(23)22-18-21-13(9-26-18)11-3-5-12(25-2)6-4-11/h3-10H,1-2H3,(H,20,24)(H,21,22,23). The van der Waals surface area contributed by atoms with Crippen molar-refractivity contribution in [1.29, 1.82) is 0 Å². The Bertz CT molecular complexity index is 953. The second-order valence-corrected chi connectivity index (χ2v) is 9.76. The molecule has 0 saturated heterocycles. The third-order valence-corrected chi connectivity index (χ3v) is 6.78. The van der Waals surface area contributed by atoms with Gasteiger partial charge in [-0.15, -0.1) is 34.4 Å². The Hall–Kier alpha value is -1.68. The summed E-state index contributed by atoms with van der Waals surface area (Å²) in [6.07, 6.45) is 2.03. The number of thiazole rings is 1. The smallest absolute Gasteiger partial charge is 0.262 e. The average Bonchev–Trinajstić information content (AvgIpc) is 3.31. The van der Waals surface area contributed by atoms with E-state index in [1.165, 1.54) is 27.6 Å². The molecule has 0 aliphatic rings. The Morgan fingerprint density at radius 3 is 2.56 bits per heavy atom. The van der Waals surface area contributed by atoms with Crippen molar-refractivity contribution >= 4 is 67.3 Å². The van der Waals surface area contributed by atoms with Gasteiger partial charge in [-0.2, -0.15) is 0 Å². The summed E-state index contributed by atoms with van der Waals surface area (Å²) in [5.41, 5.74) is 1.80. The second kappa shape index (κ2) is 9.01. The molecule has 1 unspecified atom stereocenters. The highest BCUT2D eigenvalue weighted by atomic mass is 79.9. The maximum atomic E-state index is 12.3. The predicted octanol–water partition coefficient (Wildman–Crippen LogP) is 5.11. The summed E-state index contributed by atoms with van der Waals surface area (Å²) in [5, 5.41) is 7.86. The third kappa shape index (κ3) is 5.19. The Labute approximate surface area is 177 Å². The van der Waals surface area contributed by atoms with Crippen LogP contribution in [0.25, 0.3) is 11.3 Å². The fourth-order valence-corrected chi connectivity index (χ4v) is 4.63. The lowest BCUT2D eigenvalue weighted by Crippen LogP contribution is -2.41. The SMILES string of the molecule is CSc1ccc(-c2csc(NC(=O)C(C)NC(=O)c3ccc(Br)s3)n2)cc1. The number of rotatable bonds is 6. The number of carbonyl (C=O) groups excluding carboxylic acids is 2. The van der Waals surface area contributed by atoms with Crippen LogP contribution in [0.3, 0.4) is 0 Å². The van der Waals surface area contributed by atoms with E-state index in [9.17, 15) is 9.59 Å². The number of nitrogens with one attached hydrogen (secondary N) is 2. The molecule has 2 aromatic heterocycles. The number of halogens is 1. The molecule has 140 valence electrons. The van der Waals surface area contributed by atoms with E-state index in [0.29, 0.717) is 10.0 Å². The number of anilines is 1. The molecule has 0 spiro atoms. The van der Waals surface area contributed by atoms with E-state index in [1.54, 1.807) is 30.8 Å². The summed E-state index contributed by atoms with van der Waals surface area (Å²) in [6.45, 7) is 1.64. The largest absolute Gasteiger partial charge is 0.340 e. The zero-order valence-electron chi connectivity index (χ0n) is 14.5. The van der Waals surface area contributed by atoms with Gasteiger partial charge in [0, 0.05) is 15.8 Å². The molecular formula is C18H16BrN3O2S3. The summed E-state index contributed by atoms with van der Waals surface area (Å²) in [5.74, 6) is -0.584. The number of hydrogen-bond acceptors (Lipinski definition) is 6. The van der Waals surface area contributed by atoms with Crippen molar-refractivity contribution in [2.45, 2.75) is 17.9 Å². The van der Waals surface area contributed by atoms with E-state index in [4.69, 9.17) is 0 Å². The highest BCUT2D eigenvalue weighted by Gasteiger charge is 2.19. The number of hydrogen-bond donors (Lipinski definition) is 2. The van der Waals surface area contributed by atoms with Gasteiger partial charge >= 0.3 is 0 Å². The lowest BCUT2D eigenvalue weighted by molar-refractivity contribution is -0.117. The van der Waals surface area contributed by atoms with Gasteiger partial charge < -0.3 is 10.6 Å². The highest BCUT2D eigenvalue weighted by Crippen LogP contribution is 2.27. The van der Waals surface area contributed by atoms with Gasteiger partial charge in [-0.25, -0.2) is 4.98 Å². The van der Waals surface area contributed by atoms with Gasteiger partial charge in [0.1, 0.15) is 6.04 Å². The summed E-state index contributed by atoms with van der Waals surface area (Å²) in [6, 6.07) is 10.9. The lowest BCUT2D eigenvalue weighted by atomic mass is 10.2. The molecule has 3 rings (SSSR count). The van der Waals surface area contributed by atoms with Crippen molar-refractivity contribution in [2.75, 3.05) is 11.6 Å². The van der Waals surface area contributed by atoms with Gasteiger partial charge in [-0.3, -0.25) is 9.59 Å². The van der Waals surface area contributed by atoms with Gasteiger partial charge in [0.2, 0.25) is 5.91 Å². The normalized spacial score (nSPS) is 11.8. The minimum atomic E-state index is -0.674. The number of benzene rings is 1.